The monoisotopic (exact) mass is 629 g/mol. The quantitative estimate of drug-likeness (QED) is 0.209. The molecule has 0 amide bonds. The van der Waals surface area contributed by atoms with E-state index in [0.717, 1.165) is 54.9 Å². The maximum atomic E-state index is 11.2. The molecule has 3 heterocycles. The summed E-state index contributed by atoms with van der Waals surface area (Å²) in [6.45, 7) is 4.47. The van der Waals surface area contributed by atoms with E-state index in [2.05, 4.69) is 76.0 Å². The third-order valence-corrected chi connectivity index (χ3v) is 7.24. The van der Waals surface area contributed by atoms with E-state index >= 15 is 0 Å². The molecule has 0 aliphatic carbocycles. The number of nitrogens with one attached hydrogen (secondary N) is 2. The number of aromatic nitrogens is 2. The number of halogens is 7. The normalized spacial score (nSPS) is 16.2. The van der Waals surface area contributed by atoms with E-state index in [9.17, 15) is 35.9 Å². The van der Waals surface area contributed by atoms with Crippen molar-refractivity contribution >= 4 is 52.0 Å². The van der Waals surface area contributed by atoms with Gasteiger partial charge in [0.2, 0.25) is 5.95 Å². The van der Waals surface area contributed by atoms with Crippen LogP contribution in [0.2, 0.25) is 5.02 Å². The summed E-state index contributed by atoms with van der Waals surface area (Å²) < 4.78 is 68.0. The Morgan fingerprint density at radius 2 is 1.51 bits per heavy atom. The van der Waals surface area contributed by atoms with Gasteiger partial charge in [0.15, 0.2) is 5.82 Å². The van der Waals surface area contributed by atoms with Gasteiger partial charge in [0.1, 0.15) is 5.02 Å². The van der Waals surface area contributed by atoms with Crippen LogP contribution in [0.4, 0.5) is 55.2 Å². The Kier molecular flexibility index (Phi) is 9.21. The number of aryl methyl sites for hydroxylation is 2. The SMILES string of the molecule is C[N+]1(C)CCN(c2ccc3cc2CCc2cccc(c2)Nc2ncc(Cl)c(n2)N3)CC1.O=C(C(=O)C(F)(F)F)C(F)(F)F. The van der Waals surface area contributed by atoms with Crippen LogP contribution in [-0.4, -0.2) is 78.6 Å². The molecule has 0 saturated carbocycles. The lowest BCUT2D eigenvalue weighted by Crippen LogP contribution is -2.55. The molecule has 2 aliphatic heterocycles. The van der Waals surface area contributed by atoms with Crippen LogP contribution < -0.4 is 15.5 Å². The summed E-state index contributed by atoms with van der Waals surface area (Å²) in [4.78, 5) is 30.7. The van der Waals surface area contributed by atoms with Crippen molar-refractivity contribution in [3.63, 3.8) is 0 Å². The first-order chi connectivity index (χ1) is 20.0. The van der Waals surface area contributed by atoms with Gasteiger partial charge in [0, 0.05) is 17.1 Å². The Balaban J connectivity index is 0.000000301. The Hall–Kier alpha value is -3.91. The minimum absolute atomic E-state index is 0.496. The highest BCUT2D eigenvalue weighted by Gasteiger charge is 2.54. The van der Waals surface area contributed by atoms with Crippen LogP contribution in [0.5, 0.6) is 0 Å². The summed E-state index contributed by atoms with van der Waals surface area (Å²) in [7, 11) is 4.63. The van der Waals surface area contributed by atoms with Gasteiger partial charge < -0.3 is 20.0 Å². The van der Waals surface area contributed by atoms with Crippen LogP contribution in [-0.2, 0) is 22.4 Å². The molecule has 5 rings (SSSR count). The molecule has 3 aromatic rings. The number of likely N-dealkylation sites (N-methyl/N-ethyl adjacent to an activating group) is 1. The van der Waals surface area contributed by atoms with Gasteiger partial charge in [0.25, 0.3) is 0 Å². The fraction of sp³-hybridized carbons (Fsp3) is 0.357. The number of benzene rings is 2. The Labute approximate surface area is 248 Å². The number of carbonyl (C=O) groups is 2. The standard InChI is InChI=1S/C24H28ClN6.C4F6O2/c1-31(2)12-10-30(11-13-31)22-9-8-20-15-18(22)7-6-17-4-3-5-19(14-17)28-24-26-16-21(25)23(27-20)29-24;5-3(6,7)1(11)2(12)4(8,9)10/h3-5,8-9,14-16H,6-7,10-13H2,1-2H3,(H2,26,27,28,29);/q+1;. The van der Waals surface area contributed by atoms with Crippen LogP contribution in [0, 0.1) is 0 Å². The largest absolute Gasteiger partial charge is 0.458 e. The van der Waals surface area contributed by atoms with E-state index < -0.39 is 23.9 Å². The number of carbonyl (C=O) groups excluding carboxylic acids is 2. The van der Waals surface area contributed by atoms with E-state index in [4.69, 9.17) is 11.6 Å². The second-order valence-electron chi connectivity index (χ2n) is 10.7. The van der Waals surface area contributed by atoms with Crippen molar-refractivity contribution in [3.05, 3.63) is 64.8 Å². The fourth-order valence-electron chi connectivity index (χ4n) is 4.54. The number of ketones is 2. The number of piperazine rings is 1. The second kappa shape index (κ2) is 12.4. The molecular formula is C28H28ClF6N6O2+. The Morgan fingerprint density at radius 1 is 0.884 bits per heavy atom. The number of hydrogen-bond donors (Lipinski definition) is 2. The number of anilines is 5. The van der Waals surface area contributed by atoms with Gasteiger partial charge >= 0.3 is 23.9 Å². The van der Waals surface area contributed by atoms with Crippen LogP contribution in [0.3, 0.4) is 0 Å². The number of quaternary nitrogens is 1. The van der Waals surface area contributed by atoms with Crippen molar-refractivity contribution < 1.29 is 40.4 Å². The molecule has 2 aliphatic rings. The molecule has 8 nitrogen and oxygen atoms in total. The lowest BCUT2D eigenvalue weighted by molar-refractivity contribution is -0.890. The number of fused-ring (bicyclic) bond motifs is 6. The Morgan fingerprint density at radius 3 is 2.14 bits per heavy atom. The molecule has 0 unspecified atom stereocenters. The number of nitrogens with zero attached hydrogens (tertiary/aromatic N) is 4. The highest BCUT2D eigenvalue weighted by atomic mass is 35.5. The first kappa shape index (κ1) is 32.0. The van der Waals surface area contributed by atoms with E-state index in [1.165, 1.54) is 16.8 Å². The minimum Gasteiger partial charge on any atom is -0.360 e. The van der Waals surface area contributed by atoms with E-state index in [1.54, 1.807) is 6.20 Å². The summed E-state index contributed by atoms with van der Waals surface area (Å²) >= 11 is 6.39. The molecule has 43 heavy (non-hydrogen) atoms. The summed E-state index contributed by atoms with van der Waals surface area (Å²) in [6, 6.07) is 15.1. The summed E-state index contributed by atoms with van der Waals surface area (Å²) in [6.07, 6.45) is -7.97. The molecule has 230 valence electrons. The molecule has 0 atom stereocenters. The maximum absolute atomic E-state index is 11.2. The molecule has 1 aromatic heterocycles. The van der Waals surface area contributed by atoms with Gasteiger partial charge in [0.05, 0.1) is 46.5 Å². The van der Waals surface area contributed by atoms with Gasteiger partial charge in [-0.3, -0.25) is 9.59 Å². The number of rotatable bonds is 2. The van der Waals surface area contributed by atoms with Crippen molar-refractivity contribution in [1.29, 1.82) is 0 Å². The average Bonchev–Trinajstić information content (AvgIpc) is 2.93. The molecule has 1 saturated heterocycles. The zero-order chi connectivity index (χ0) is 31.6. The van der Waals surface area contributed by atoms with Crippen LogP contribution in [0.1, 0.15) is 11.1 Å². The maximum Gasteiger partial charge on any atom is 0.458 e. The highest BCUT2D eigenvalue weighted by Crippen LogP contribution is 2.32. The zero-order valence-corrected chi connectivity index (χ0v) is 23.9. The third kappa shape index (κ3) is 8.35. The Bertz CT molecular complexity index is 1480. The van der Waals surface area contributed by atoms with Gasteiger partial charge in [-0.25, -0.2) is 4.98 Å². The van der Waals surface area contributed by atoms with Crippen LogP contribution >= 0.6 is 11.6 Å². The molecule has 2 aromatic carbocycles. The van der Waals surface area contributed by atoms with Crippen LogP contribution in [0.15, 0.2) is 48.7 Å². The first-order valence-electron chi connectivity index (χ1n) is 13.1. The number of alkyl halides is 6. The van der Waals surface area contributed by atoms with Crippen molar-refractivity contribution in [2.75, 3.05) is 55.8 Å². The summed E-state index contributed by atoms with van der Waals surface area (Å²) in [5.74, 6) is -5.69. The number of Topliss-reactive ketones (excluding diaryl/α,β-unsaturated/α-hetero) is 2. The molecule has 1 fully saturated rings. The van der Waals surface area contributed by atoms with Crippen molar-refractivity contribution in [2.24, 2.45) is 0 Å². The summed E-state index contributed by atoms with van der Waals surface area (Å²) in [5.41, 5.74) is 5.95. The molecule has 2 N–H and O–H groups in total. The lowest BCUT2D eigenvalue weighted by atomic mass is 10.0. The predicted molar refractivity (Wildman–Crippen MR) is 150 cm³/mol. The molecule has 15 heteroatoms. The lowest BCUT2D eigenvalue weighted by Gasteiger charge is -2.40. The highest BCUT2D eigenvalue weighted by molar-refractivity contribution is 6.41. The van der Waals surface area contributed by atoms with Gasteiger partial charge in [-0.15, -0.1) is 0 Å². The van der Waals surface area contributed by atoms with Crippen molar-refractivity contribution in [2.45, 2.75) is 25.2 Å². The van der Waals surface area contributed by atoms with E-state index in [1.807, 2.05) is 6.07 Å². The topological polar surface area (TPSA) is 87.2 Å². The van der Waals surface area contributed by atoms with Crippen molar-refractivity contribution in [1.82, 2.24) is 9.97 Å². The predicted octanol–water partition coefficient (Wildman–Crippen LogP) is 5.86. The van der Waals surface area contributed by atoms with E-state index in [0.29, 0.717) is 16.8 Å². The molecule has 0 spiro atoms. The van der Waals surface area contributed by atoms with Crippen LogP contribution in [0.25, 0.3) is 0 Å². The summed E-state index contributed by atoms with van der Waals surface area (Å²) in [5, 5.41) is 7.19. The smallest absolute Gasteiger partial charge is 0.360 e. The average molecular weight is 630 g/mol. The second-order valence-corrected chi connectivity index (χ2v) is 11.1. The third-order valence-electron chi connectivity index (χ3n) is 6.96. The fourth-order valence-corrected chi connectivity index (χ4v) is 4.68. The van der Waals surface area contributed by atoms with Gasteiger partial charge in [-0.2, -0.15) is 31.3 Å². The molecule has 0 radical (unpaired) electrons. The first-order valence-corrected chi connectivity index (χ1v) is 13.5. The number of hydrogen-bond acceptors (Lipinski definition) is 7. The van der Waals surface area contributed by atoms with Gasteiger partial charge in [-0.05, 0) is 54.3 Å². The minimum atomic E-state index is -5.77. The molecule has 6 bridgehead atoms. The van der Waals surface area contributed by atoms with E-state index in [-0.39, 0.29) is 0 Å². The molecular weight excluding hydrogens is 602 g/mol. The van der Waals surface area contributed by atoms with Gasteiger partial charge in [-0.1, -0.05) is 23.7 Å². The zero-order valence-electron chi connectivity index (χ0n) is 23.1. The van der Waals surface area contributed by atoms with Crippen molar-refractivity contribution in [3.8, 4) is 0 Å².